The van der Waals surface area contributed by atoms with Gasteiger partial charge in [0.15, 0.2) is 5.65 Å². The normalized spacial score (nSPS) is 16.5. The van der Waals surface area contributed by atoms with Crippen LogP contribution in [0, 0.1) is 12.7 Å². The second kappa shape index (κ2) is 8.02. The molecule has 1 N–H and O–H groups in total. The zero-order valence-corrected chi connectivity index (χ0v) is 16.2. The van der Waals surface area contributed by atoms with Crippen LogP contribution in [0.2, 0.25) is 0 Å². The van der Waals surface area contributed by atoms with Gasteiger partial charge in [-0.25, -0.2) is 13.9 Å². The Balaban J connectivity index is 1.65. The molecule has 1 amide bonds. The molecule has 3 aromatic heterocycles. The van der Waals surface area contributed by atoms with Gasteiger partial charge in [0.05, 0.1) is 12.2 Å². The molecule has 0 spiro atoms. The van der Waals surface area contributed by atoms with E-state index >= 15 is 0 Å². The Morgan fingerprint density at radius 2 is 2.28 bits per heavy atom. The van der Waals surface area contributed by atoms with Crippen molar-refractivity contribution in [3.8, 4) is 0 Å². The predicted octanol–water partition coefficient (Wildman–Crippen LogP) is 1.82. The van der Waals surface area contributed by atoms with Crippen molar-refractivity contribution in [2.45, 2.75) is 38.8 Å². The smallest absolute Gasteiger partial charge is 0.256 e. The van der Waals surface area contributed by atoms with Crippen LogP contribution >= 0.6 is 0 Å². The van der Waals surface area contributed by atoms with E-state index in [0.29, 0.717) is 31.5 Å². The van der Waals surface area contributed by atoms with Crippen molar-refractivity contribution in [2.24, 2.45) is 0 Å². The van der Waals surface area contributed by atoms with Crippen LogP contribution in [0.1, 0.15) is 36.4 Å². The lowest BCUT2D eigenvalue weighted by Gasteiger charge is -2.26. The monoisotopic (exact) mass is 398 g/mol. The molecule has 4 heterocycles. The Morgan fingerprint density at radius 3 is 3.10 bits per heavy atom. The molecule has 1 saturated heterocycles. The summed E-state index contributed by atoms with van der Waals surface area (Å²) in [6.45, 7) is 3.48. The molecule has 1 aliphatic rings. The minimum atomic E-state index is -0.440. The number of carbonyl (C=O) groups excluding carboxylic acids is 1. The molecule has 9 heteroatoms. The molecule has 8 nitrogen and oxygen atoms in total. The fourth-order valence-corrected chi connectivity index (χ4v) is 3.93. The van der Waals surface area contributed by atoms with Crippen LogP contribution in [0.25, 0.3) is 5.65 Å². The largest absolute Gasteiger partial charge is 0.359 e. The summed E-state index contributed by atoms with van der Waals surface area (Å²) in [5.74, 6) is 0.318. The first kappa shape index (κ1) is 19.1. The Hall–Kier alpha value is -3.23. The first-order valence-corrected chi connectivity index (χ1v) is 9.73. The lowest BCUT2D eigenvalue weighted by Crippen LogP contribution is -2.32. The number of nitrogens with zero attached hydrogens (tertiary/aromatic N) is 5. The summed E-state index contributed by atoms with van der Waals surface area (Å²) in [4.78, 5) is 30.2. The third-order valence-electron chi connectivity index (χ3n) is 5.32. The summed E-state index contributed by atoms with van der Waals surface area (Å²) in [6, 6.07) is 2.99. The lowest BCUT2D eigenvalue weighted by molar-refractivity contribution is -0.109. The van der Waals surface area contributed by atoms with Gasteiger partial charge in [0, 0.05) is 43.2 Å². The van der Waals surface area contributed by atoms with Crippen molar-refractivity contribution in [3.05, 3.63) is 58.0 Å². The number of fused-ring (bicyclic) bond motifs is 1. The SMILES string of the molecule is Cc1cnn2ccc(N3CCCC3c3cc(F)cn(CCCNC=O)c3=O)nc12. The van der Waals surface area contributed by atoms with E-state index < -0.39 is 5.82 Å². The lowest BCUT2D eigenvalue weighted by atomic mass is 10.1. The van der Waals surface area contributed by atoms with E-state index in [2.05, 4.69) is 15.3 Å². The van der Waals surface area contributed by atoms with E-state index in [-0.39, 0.29) is 11.6 Å². The first-order valence-electron chi connectivity index (χ1n) is 9.73. The fraction of sp³-hybridized carbons (Fsp3) is 0.400. The molecule has 0 bridgehead atoms. The van der Waals surface area contributed by atoms with Crippen LogP contribution in [-0.2, 0) is 11.3 Å². The average Bonchev–Trinajstić information content (AvgIpc) is 3.34. The van der Waals surface area contributed by atoms with E-state index in [1.165, 1.54) is 16.8 Å². The van der Waals surface area contributed by atoms with Gasteiger partial charge in [0.25, 0.3) is 5.56 Å². The van der Waals surface area contributed by atoms with Gasteiger partial charge in [-0.15, -0.1) is 0 Å². The molecule has 3 aromatic rings. The van der Waals surface area contributed by atoms with Crippen molar-refractivity contribution < 1.29 is 9.18 Å². The van der Waals surface area contributed by atoms with Crippen molar-refractivity contribution in [1.29, 1.82) is 0 Å². The molecule has 4 rings (SSSR count). The summed E-state index contributed by atoms with van der Waals surface area (Å²) in [5.41, 5.74) is 1.99. The molecule has 0 saturated carbocycles. The van der Waals surface area contributed by atoms with Gasteiger partial charge in [-0.2, -0.15) is 5.10 Å². The number of nitrogens with one attached hydrogen (secondary N) is 1. The minimum absolute atomic E-state index is 0.198. The minimum Gasteiger partial charge on any atom is -0.359 e. The van der Waals surface area contributed by atoms with Gasteiger partial charge in [0.1, 0.15) is 11.6 Å². The summed E-state index contributed by atoms with van der Waals surface area (Å²) in [5, 5.41) is 6.80. The van der Waals surface area contributed by atoms with Crippen LogP contribution < -0.4 is 15.8 Å². The van der Waals surface area contributed by atoms with Crippen LogP contribution in [0.15, 0.2) is 35.5 Å². The van der Waals surface area contributed by atoms with Crippen LogP contribution in [0.4, 0.5) is 10.2 Å². The second-order valence-corrected chi connectivity index (χ2v) is 7.27. The molecule has 1 atom stereocenters. The zero-order valence-electron chi connectivity index (χ0n) is 16.2. The Bertz CT molecular complexity index is 1090. The van der Waals surface area contributed by atoms with E-state index in [1.807, 2.05) is 19.2 Å². The Kier molecular flexibility index (Phi) is 5.28. The molecule has 29 heavy (non-hydrogen) atoms. The molecule has 0 radical (unpaired) electrons. The third-order valence-corrected chi connectivity index (χ3v) is 5.32. The highest BCUT2D eigenvalue weighted by molar-refractivity contribution is 5.53. The molecule has 0 aliphatic carbocycles. The van der Waals surface area contributed by atoms with Crippen LogP contribution in [-0.4, -0.2) is 38.7 Å². The molecule has 1 fully saturated rings. The van der Waals surface area contributed by atoms with Gasteiger partial charge < -0.3 is 14.8 Å². The van der Waals surface area contributed by atoms with Gasteiger partial charge in [-0.1, -0.05) is 0 Å². The average molecular weight is 398 g/mol. The van der Waals surface area contributed by atoms with Gasteiger partial charge in [-0.05, 0) is 38.3 Å². The zero-order chi connectivity index (χ0) is 20.4. The van der Waals surface area contributed by atoms with E-state index in [4.69, 9.17) is 4.98 Å². The molecular formula is C20H23FN6O2. The maximum atomic E-state index is 14.3. The van der Waals surface area contributed by atoms with Crippen LogP contribution in [0.3, 0.4) is 0 Å². The topological polar surface area (TPSA) is 84.5 Å². The number of hydrogen-bond donors (Lipinski definition) is 1. The van der Waals surface area contributed by atoms with E-state index in [1.54, 1.807) is 10.7 Å². The number of pyridine rings is 1. The highest BCUT2D eigenvalue weighted by atomic mass is 19.1. The Morgan fingerprint density at radius 1 is 1.41 bits per heavy atom. The summed E-state index contributed by atoms with van der Waals surface area (Å²) < 4.78 is 17.4. The number of halogens is 1. The highest BCUT2D eigenvalue weighted by Crippen LogP contribution is 2.34. The number of aromatic nitrogens is 4. The van der Waals surface area contributed by atoms with Gasteiger partial charge in [0.2, 0.25) is 6.41 Å². The molecule has 1 aliphatic heterocycles. The quantitative estimate of drug-likeness (QED) is 0.485. The van der Waals surface area contributed by atoms with Crippen LogP contribution in [0.5, 0.6) is 0 Å². The number of anilines is 1. The molecule has 152 valence electrons. The maximum Gasteiger partial charge on any atom is 0.256 e. The van der Waals surface area contributed by atoms with E-state index in [0.717, 1.165) is 36.4 Å². The van der Waals surface area contributed by atoms with Crippen molar-refractivity contribution in [3.63, 3.8) is 0 Å². The Labute approximate surface area is 167 Å². The fourth-order valence-electron chi connectivity index (χ4n) is 3.93. The highest BCUT2D eigenvalue weighted by Gasteiger charge is 2.30. The summed E-state index contributed by atoms with van der Waals surface area (Å²) >= 11 is 0. The number of hydrogen-bond acceptors (Lipinski definition) is 5. The summed E-state index contributed by atoms with van der Waals surface area (Å²) in [6.07, 6.45) is 7.66. The molecular weight excluding hydrogens is 375 g/mol. The molecule has 1 unspecified atom stereocenters. The number of rotatable bonds is 7. The number of amides is 1. The van der Waals surface area contributed by atoms with Gasteiger partial charge >= 0.3 is 0 Å². The second-order valence-electron chi connectivity index (χ2n) is 7.27. The predicted molar refractivity (Wildman–Crippen MR) is 106 cm³/mol. The number of aryl methyl sites for hydroxylation is 2. The van der Waals surface area contributed by atoms with Crippen molar-refractivity contribution >= 4 is 17.9 Å². The van der Waals surface area contributed by atoms with Gasteiger partial charge in [-0.3, -0.25) is 9.59 Å². The summed E-state index contributed by atoms with van der Waals surface area (Å²) in [7, 11) is 0. The third kappa shape index (κ3) is 3.72. The van der Waals surface area contributed by atoms with Crippen molar-refractivity contribution in [1.82, 2.24) is 24.5 Å². The first-order chi connectivity index (χ1) is 14.1. The van der Waals surface area contributed by atoms with E-state index in [9.17, 15) is 14.0 Å². The van der Waals surface area contributed by atoms with Crippen molar-refractivity contribution in [2.75, 3.05) is 18.0 Å². The maximum absolute atomic E-state index is 14.3. The standard InChI is InChI=1S/C20H23FN6O2/c1-14-11-23-27-9-5-18(24-19(14)27)26-8-2-4-17(26)16-10-15(21)12-25(20(16)29)7-3-6-22-13-28/h5,9-13,17H,2-4,6-8H2,1H3,(H,22,28). The number of carbonyl (C=O) groups is 1. The molecule has 0 aromatic carbocycles.